The average molecular weight is 453 g/mol. The Hall–Kier alpha value is -2.70. The second kappa shape index (κ2) is 10.3. The summed E-state index contributed by atoms with van der Waals surface area (Å²) in [7, 11) is 2.16. The monoisotopic (exact) mass is 452 g/mol. The molecule has 2 aliphatic rings. The number of halogens is 1. The van der Waals surface area contributed by atoms with E-state index in [0.717, 1.165) is 61.3 Å². The van der Waals surface area contributed by atoms with Crippen molar-refractivity contribution < 1.29 is 12.8 Å². The van der Waals surface area contributed by atoms with Gasteiger partial charge in [0.15, 0.2) is 0 Å². The zero-order chi connectivity index (χ0) is 22.5. The van der Waals surface area contributed by atoms with Gasteiger partial charge in [-0.15, -0.1) is 0 Å². The number of rotatable bonds is 7. The highest BCUT2D eigenvalue weighted by Gasteiger charge is 2.23. The van der Waals surface area contributed by atoms with Gasteiger partial charge in [-0.3, -0.25) is 0 Å². The van der Waals surface area contributed by atoms with Crippen LogP contribution in [-0.4, -0.2) is 33.8 Å². The lowest BCUT2D eigenvalue weighted by atomic mass is 9.89. The van der Waals surface area contributed by atoms with E-state index in [1.54, 1.807) is 6.07 Å². The number of hydrogen-bond donors (Lipinski definition) is 0. The van der Waals surface area contributed by atoms with E-state index in [4.69, 9.17) is 4.18 Å². The van der Waals surface area contributed by atoms with Crippen LogP contribution < -0.4 is 4.18 Å². The fourth-order valence-corrected chi connectivity index (χ4v) is 4.97. The molecule has 4 rings (SSSR count). The van der Waals surface area contributed by atoms with Crippen molar-refractivity contribution in [3.8, 4) is 5.75 Å². The molecule has 1 aromatic carbocycles. The van der Waals surface area contributed by atoms with Gasteiger partial charge in [-0.05, 0) is 80.7 Å². The van der Waals surface area contributed by atoms with E-state index < -0.39 is 16.9 Å². The summed E-state index contributed by atoms with van der Waals surface area (Å²) in [5.74, 6) is 0.273. The molecular formula is C26H29FN2O2S. The van der Waals surface area contributed by atoms with Crippen LogP contribution in [0, 0.1) is 0 Å². The fraction of sp³-hybridized carbons (Fsp3) is 0.308. The molecule has 1 aliphatic heterocycles. The normalized spacial score (nSPS) is 19.1. The summed E-state index contributed by atoms with van der Waals surface area (Å²) in [6.45, 7) is 6.30. The van der Waals surface area contributed by atoms with Crippen LogP contribution in [0.2, 0.25) is 0 Å². The van der Waals surface area contributed by atoms with E-state index in [0.29, 0.717) is 11.7 Å². The van der Waals surface area contributed by atoms with E-state index >= 15 is 0 Å². The number of piperidine rings is 1. The maximum absolute atomic E-state index is 13.4. The summed E-state index contributed by atoms with van der Waals surface area (Å²) in [5.41, 5.74) is 3.77. The molecule has 6 heteroatoms. The van der Waals surface area contributed by atoms with Crippen LogP contribution in [0.25, 0.3) is 10.9 Å². The van der Waals surface area contributed by atoms with Crippen molar-refractivity contribution in [2.75, 3.05) is 20.1 Å². The van der Waals surface area contributed by atoms with E-state index in [1.807, 2.05) is 12.1 Å². The van der Waals surface area contributed by atoms with Crippen LogP contribution in [-0.2, 0) is 17.6 Å². The first-order valence-electron chi connectivity index (χ1n) is 10.9. The van der Waals surface area contributed by atoms with Crippen molar-refractivity contribution in [2.24, 2.45) is 0 Å². The van der Waals surface area contributed by atoms with Crippen LogP contribution >= 0.6 is 0 Å². The minimum atomic E-state index is -1.91. The van der Waals surface area contributed by atoms with Gasteiger partial charge in [0.25, 0.3) is 0 Å². The van der Waals surface area contributed by atoms with Gasteiger partial charge >= 0.3 is 0 Å². The largest absolute Gasteiger partial charge is 0.397 e. The third kappa shape index (κ3) is 5.37. The van der Waals surface area contributed by atoms with Gasteiger partial charge in [0.05, 0.1) is 5.41 Å². The molecule has 0 bridgehead atoms. The fourth-order valence-electron chi connectivity index (χ4n) is 4.35. The molecular weight excluding hydrogens is 423 g/mol. The number of allylic oxidation sites excluding steroid dienone is 8. The van der Waals surface area contributed by atoms with Gasteiger partial charge < -0.3 is 13.7 Å². The summed E-state index contributed by atoms with van der Waals surface area (Å²) in [6.07, 6.45) is 17.0. The molecule has 1 atom stereocenters. The minimum absolute atomic E-state index is 0.468. The second-order valence-corrected chi connectivity index (χ2v) is 9.28. The van der Waals surface area contributed by atoms with Crippen molar-refractivity contribution in [3.05, 3.63) is 89.8 Å². The summed E-state index contributed by atoms with van der Waals surface area (Å²) >= 11 is -1.91. The molecule has 2 heterocycles. The quantitative estimate of drug-likeness (QED) is 0.488. The first kappa shape index (κ1) is 22.5. The van der Waals surface area contributed by atoms with Gasteiger partial charge in [0.1, 0.15) is 11.6 Å². The lowest BCUT2D eigenvalue weighted by Gasteiger charge is -2.28. The Bertz CT molecular complexity index is 1130. The summed E-state index contributed by atoms with van der Waals surface area (Å²) < 4.78 is 33.3. The molecule has 0 spiro atoms. The number of hydrogen-bond acceptors (Lipinski definition) is 3. The molecule has 32 heavy (non-hydrogen) atoms. The van der Waals surface area contributed by atoms with Gasteiger partial charge in [0.2, 0.25) is 11.1 Å². The molecule has 4 nitrogen and oxygen atoms in total. The standard InChI is InChI=1S/C26H29FN2O2S/c1-3-22(27)19-32(30)31-23-10-11-26-24(16-23)25(21-12-14-28(2)15-13-21)18-29(26)17-20-8-6-4-5-7-9-20/h3-8,10-11,16,18-19,21H,1,9,12-15,17H2,2H3/b22-19-. The molecule has 0 N–H and O–H groups in total. The molecule has 1 unspecified atom stereocenters. The molecule has 0 radical (unpaired) electrons. The van der Waals surface area contributed by atoms with Crippen LogP contribution in [0.1, 0.15) is 30.7 Å². The van der Waals surface area contributed by atoms with E-state index in [1.165, 1.54) is 11.1 Å². The van der Waals surface area contributed by atoms with Gasteiger partial charge in [-0.1, -0.05) is 37.0 Å². The molecule has 168 valence electrons. The van der Waals surface area contributed by atoms with Crippen LogP contribution in [0.15, 0.2) is 84.2 Å². The average Bonchev–Trinajstić information content (AvgIpc) is 2.94. The first-order chi connectivity index (χ1) is 15.5. The second-order valence-electron chi connectivity index (χ2n) is 8.36. The Kier molecular flexibility index (Phi) is 7.22. The van der Waals surface area contributed by atoms with Crippen molar-refractivity contribution in [1.82, 2.24) is 9.47 Å². The molecule has 1 saturated heterocycles. The maximum atomic E-state index is 13.4. The Balaban J connectivity index is 1.68. The summed E-state index contributed by atoms with van der Waals surface area (Å²) in [6, 6.07) is 5.76. The number of benzene rings is 1. The molecule has 0 saturated carbocycles. The Morgan fingerprint density at radius 2 is 2.09 bits per heavy atom. The Labute approximate surface area is 191 Å². The Morgan fingerprint density at radius 3 is 2.88 bits per heavy atom. The first-order valence-corrected chi connectivity index (χ1v) is 12.1. The van der Waals surface area contributed by atoms with Gasteiger partial charge in [-0.2, -0.15) is 0 Å². The van der Waals surface area contributed by atoms with Gasteiger partial charge in [-0.25, -0.2) is 8.60 Å². The number of likely N-dealkylation sites (tertiary alicyclic amines) is 1. The lowest BCUT2D eigenvalue weighted by Crippen LogP contribution is -2.29. The zero-order valence-corrected chi connectivity index (χ0v) is 19.2. The molecule has 2 aromatic rings. The van der Waals surface area contributed by atoms with E-state index in [-0.39, 0.29) is 0 Å². The van der Waals surface area contributed by atoms with E-state index in [9.17, 15) is 8.60 Å². The van der Waals surface area contributed by atoms with Crippen LogP contribution in [0.5, 0.6) is 5.75 Å². The van der Waals surface area contributed by atoms with Crippen LogP contribution in [0.3, 0.4) is 0 Å². The summed E-state index contributed by atoms with van der Waals surface area (Å²) in [4.78, 5) is 2.36. The van der Waals surface area contributed by atoms with Gasteiger partial charge in [0, 0.05) is 23.6 Å². The number of aromatic nitrogens is 1. The molecule has 1 fully saturated rings. The number of nitrogens with zero attached hydrogens (tertiary/aromatic N) is 2. The van der Waals surface area contributed by atoms with Crippen LogP contribution in [0.4, 0.5) is 4.39 Å². The maximum Gasteiger partial charge on any atom is 0.236 e. The molecule has 1 aliphatic carbocycles. The highest BCUT2D eigenvalue weighted by molar-refractivity contribution is 7.83. The highest BCUT2D eigenvalue weighted by atomic mass is 32.2. The minimum Gasteiger partial charge on any atom is -0.397 e. The van der Waals surface area contributed by atoms with E-state index in [2.05, 4.69) is 59.7 Å². The SMILES string of the molecule is C=C/C(F)=C/S(=O)Oc1ccc2c(c1)c(C1CCN(C)CC1)cn2CC1=CC=CC=CC1. The lowest BCUT2D eigenvalue weighted by molar-refractivity contribution is 0.256. The van der Waals surface area contributed by atoms with Crippen molar-refractivity contribution in [2.45, 2.75) is 31.7 Å². The topological polar surface area (TPSA) is 34.5 Å². The predicted octanol–water partition coefficient (Wildman–Crippen LogP) is 5.93. The zero-order valence-electron chi connectivity index (χ0n) is 18.4. The number of fused-ring (bicyclic) bond motifs is 1. The van der Waals surface area contributed by atoms with Crippen molar-refractivity contribution in [1.29, 1.82) is 0 Å². The Morgan fingerprint density at radius 1 is 1.28 bits per heavy atom. The molecule has 0 amide bonds. The smallest absolute Gasteiger partial charge is 0.236 e. The summed E-state index contributed by atoms with van der Waals surface area (Å²) in [5, 5.41) is 2.03. The highest BCUT2D eigenvalue weighted by Crippen LogP contribution is 2.36. The molecule has 1 aromatic heterocycles. The third-order valence-electron chi connectivity index (χ3n) is 6.07. The predicted molar refractivity (Wildman–Crippen MR) is 131 cm³/mol. The third-order valence-corrected chi connectivity index (χ3v) is 6.84. The van der Waals surface area contributed by atoms with Crippen molar-refractivity contribution >= 4 is 22.0 Å². The van der Waals surface area contributed by atoms with Crippen molar-refractivity contribution in [3.63, 3.8) is 0 Å².